The predicted molar refractivity (Wildman–Crippen MR) is 71.2 cm³/mol. The Balaban J connectivity index is 2.69. The van der Waals surface area contributed by atoms with Crippen LogP contribution in [0.2, 0.25) is 0 Å². The van der Waals surface area contributed by atoms with Crippen LogP contribution in [0.5, 0.6) is 0 Å². The second-order valence-corrected chi connectivity index (χ2v) is 4.63. The molecule has 112 valence electrons. The number of imidazole rings is 1. The summed E-state index contributed by atoms with van der Waals surface area (Å²) in [4.78, 5) is 31.2. The van der Waals surface area contributed by atoms with Crippen LogP contribution < -0.4 is 5.32 Å². The first kappa shape index (κ1) is 16.0. The number of hydrogen-bond donors (Lipinski definition) is 4. The van der Waals surface area contributed by atoms with E-state index in [4.69, 9.17) is 10.2 Å². The van der Waals surface area contributed by atoms with Gasteiger partial charge in [0.2, 0.25) is 0 Å². The summed E-state index contributed by atoms with van der Waals surface area (Å²) in [6.07, 6.45) is 3.07. The summed E-state index contributed by atoms with van der Waals surface area (Å²) < 4.78 is 0. The summed E-state index contributed by atoms with van der Waals surface area (Å²) >= 11 is 0. The lowest BCUT2D eigenvalue weighted by Gasteiger charge is -2.27. The number of aliphatic hydroxyl groups is 1. The zero-order chi connectivity index (χ0) is 15.1. The highest BCUT2D eigenvalue weighted by Gasteiger charge is 2.24. The minimum absolute atomic E-state index is 0.117. The number of rotatable bonds is 7. The van der Waals surface area contributed by atoms with E-state index >= 15 is 0 Å². The number of carboxylic acid groups (broad SMARTS) is 1. The quantitative estimate of drug-likeness (QED) is 0.554. The highest BCUT2D eigenvalue weighted by atomic mass is 16.4. The van der Waals surface area contributed by atoms with E-state index in [-0.39, 0.29) is 25.6 Å². The lowest BCUT2D eigenvalue weighted by atomic mass is 10.1. The molecule has 0 aliphatic heterocycles. The lowest BCUT2D eigenvalue weighted by Crippen LogP contribution is -2.51. The van der Waals surface area contributed by atoms with Gasteiger partial charge in [-0.1, -0.05) is 0 Å². The number of carbonyl (C=O) groups excluding carboxylic acids is 1. The number of aromatic amines is 1. The molecule has 4 N–H and O–H groups in total. The number of urea groups is 1. The zero-order valence-electron chi connectivity index (χ0n) is 11.5. The average Bonchev–Trinajstić information content (AvgIpc) is 2.87. The first-order chi connectivity index (χ1) is 9.45. The van der Waals surface area contributed by atoms with Crippen molar-refractivity contribution in [3.8, 4) is 0 Å². The Morgan fingerprint density at radius 3 is 2.65 bits per heavy atom. The number of aliphatic hydroxyl groups excluding tert-OH is 1. The Morgan fingerprint density at radius 2 is 2.20 bits per heavy atom. The molecule has 1 aromatic rings. The fraction of sp³-hybridized carbons (Fsp3) is 0.583. The summed E-state index contributed by atoms with van der Waals surface area (Å²) in [6, 6.07) is -1.70. The van der Waals surface area contributed by atoms with Crippen molar-refractivity contribution in [2.24, 2.45) is 0 Å². The number of aromatic nitrogens is 2. The van der Waals surface area contributed by atoms with Crippen molar-refractivity contribution in [1.82, 2.24) is 20.2 Å². The molecule has 0 saturated heterocycles. The van der Waals surface area contributed by atoms with Gasteiger partial charge in [0.15, 0.2) is 0 Å². The number of hydrogen-bond acceptors (Lipinski definition) is 4. The molecule has 0 bridgehead atoms. The van der Waals surface area contributed by atoms with Crippen molar-refractivity contribution in [2.75, 3.05) is 13.2 Å². The number of H-pyrrole nitrogens is 1. The number of aliphatic carboxylic acids is 1. The summed E-state index contributed by atoms with van der Waals surface area (Å²) in [5.41, 5.74) is 0.621. The largest absolute Gasteiger partial charge is 0.480 e. The van der Waals surface area contributed by atoms with Crippen molar-refractivity contribution in [3.05, 3.63) is 18.2 Å². The molecule has 1 aromatic heterocycles. The maximum Gasteiger partial charge on any atom is 0.326 e. The SMILES string of the molecule is CC(C)N(CCO)C(=O)N[C@H](Cc1cnc[nH]1)C(=O)O. The van der Waals surface area contributed by atoms with Crippen molar-refractivity contribution in [3.63, 3.8) is 0 Å². The van der Waals surface area contributed by atoms with E-state index in [0.717, 1.165) is 0 Å². The Morgan fingerprint density at radius 1 is 1.50 bits per heavy atom. The molecule has 2 amide bonds. The molecule has 0 aromatic carbocycles. The minimum atomic E-state index is -1.12. The Kier molecular flexibility index (Phi) is 5.98. The van der Waals surface area contributed by atoms with E-state index < -0.39 is 18.0 Å². The third-order valence-corrected chi connectivity index (χ3v) is 2.80. The van der Waals surface area contributed by atoms with Gasteiger partial charge < -0.3 is 25.4 Å². The van der Waals surface area contributed by atoms with E-state index in [1.165, 1.54) is 17.4 Å². The number of carboxylic acids is 1. The molecule has 0 spiro atoms. The number of amides is 2. The van der Waals surface area contributed by atoms with Crippen LogP contribution in [-0.2, 0) is 11.2 Å². The molecule has 0 unspecified atom stereocenters. The number of nitrogens with one attached hydrogen (secondary N) is 2. The van der Waals surface area contributed by atoms with Crippen LogP contribution in [0, 0.1) is 0 Å². The van der Waals surface area contributed by atoms with Crippen LogP contribution in [0.1, 0.15) is 19.5 Å². The van der Waals surface area contributed by atoms with Crippen LogP contribution in [0.25, 0.3) is 0 Å². The fourth-order valence-corrected chi connectivity index (χ4v) is 1.75. The minimum Gasteiger partial charge on any atom is -0.480 e. The summed E-state index contributed by atoms with van der Waals surface area (Å²) in [5, 5.41) is 20.5. The number of carbonyl (C=O) groups is 2. The molecular formula is C12H20N4O4. The van der Waals surface area contributed by atoms with Crippen LogP contribution in [0.4, 0.5) is 4.79 Å². The van der Waals surface area contributed by atoms with Gasteiger partial charge in [0, 0.05) is 30.9 Å². The second-order valence-electron chi connectivity index (χ2n) is 4.63. The molecule has 1 heterocycles. The summed E-state index contributed by atoms with van der Waals surface area (Å²) in [6.45, 7) is 3.56. The van der Waals surface area contributed by atoms with Gasteiger partial charge in [0.25, 0.3) is 0 Å². The average molecular weight is 284 g/mol. The standard InChI is InChI=1S/C12H20N4O4/c1-8(2)16(3-4-17)12(20)15-10(11(18)19)5-9-6-13-7-14-9/h6-8,10,17H,3-5H2,1-2H3,(H,13,14)(H,15,20)(H,18,19)/t10-/m1/s1. The smallest absolute Gasteiger partial charge is 0.326 e. The molecule has 20 heavy (non-hydrogen) atoms. The van der Waals surface area contributed by atoms with E-state index in [1.807, 2.05) is 0 Å². The molecule has 0 radical (unpaired) electrons. The Bertz CT molecular complexity index is 433. The predicted octanol–water partition coefficient (Wildman–Crippen LogP) is -0.182. The van der Waals surface area contributed by atoms with E-state index in [2.05, 4.69) is 15.3 Å². The molecule has 8 heteroatoms. The molecule has 8 nitrogen and oxygen atoms in total. The molecule has 1 rings (SSSR count). The third kappa shape index (κ3) is 4.54. The van der Waals surface area contributed by atoms with Gasteiger partial charge in [0.1, 0.15) is 6.04 Å². The molecular weight excluding hydrogens is 264 g/mol. The molecule has 0 aliphatic carbocycles. The van der Waals surface area contributed by atoms with Gasteiger partial charge in [-0.3, -0.25) is 0 Å². The second kappa shape index (κ2) is 7.49. The van der Waals surface area contributed by atoms with Crippen LogP contribution in [0.15, 0.2) is 12.5 Å². The maximum atomic E-state index is 12.0. The Labute approximate surface area is 116 Å². The monoisotopic (exact) mass is 284 g/mol. The van der Waals surface area contributed by atoms with E-state index in [1.54, 1.807) is 13.8 Å². The molecule has 0 aliphatic rings. The molecule has 0 saturated carbocycles. The van der Waals surface area contributed by atoms with Crippen molar-refractivity contribution in [1.29, 1.82) is 0 Å². The molecule has 0 fully saturated rings. The molecule has 1 atom stereocenters. The number of nitrogens with zero attached hydrogens (tertiary/aromatic N) is 2. The normalized spacial score (nSPS) is 12.2. The highest BCUT2D eigenvalue weighted by molar-refractivity contribution is 5.82. The van der Waals surface area contributed by atoms with Crippen molar-refractivity contribution in [2.45, 2.75) is 32.4 Å². The van der Waals surface area contributed by atoms with Crippen molar-refractivity contribution < 1.29 is 19.8 Å². The Hall–Kier alpha value is -2.09. The zero-order valence-corrected chi connectivity index (χ0v) is 11.5. The maximum absolute atomic E-state index is 12.0. The summed E-state index contributed by atoms with van der Waals surface area (Å²) in [7, 11) is 0. The van der Waals surface area contributed by atoms with Gasteiger partial charge in [0.05, 0.1) is 12.9 Å². The highest BCUT2D eigenvalue weighted by Crippen LogP contribution is 2.03. The van der Waals surface area contributed by atoms with E-state index in [0.29, 0.717) is 5.69 Å². The van der Waals surface area contributed by atoms with Crippen LogP contribution >= 0.6 is 0 Å². The fourth-order valence-electron chi connectivity index (χ4n) is 1.75. The lowest BCUT2D eigenvalue weighted by molar-refractivity contribution is -0.139. The first-order valence-electron chi connectivity index (χ1n) is 6.33. The summed E-state index contributed by atoms with van der Waals surface area (Å²) in [5.74, 6) is -1.12. The topological polar surface area (TPSA) is 119 Å². The van der Waals surface area contributed by atoms with Crippen molar-refractivity contribution >= 4 is 12.0 Å². The van der Waals surface area contributed by atoms with Crippen LogP contribution in [-0.4, -0.2) is 62.3 Å². The third-order valence-electron chi connectivity index (χ3n) is 2.80. The van der Waals surface area contributed by atoms with Gasteiger partial charge in [-0.05, 0) is 13.8 Å². The van der Waals surface area contributed by atoms with E-state index in [9.17, 15) is 9.59 Å². The van der Waals surface area contributed by atoms with Crippen LogP contribution in [0.3, 0.4) is 0 Å². The van der Waals surface area contributed by atoms with Gasteiger partial charge in [-0.25, -0.2) is 14.6 Å². The van der Waals surface area contributed by atoms with Gasteiger partial charge in [-0.15, -0.1) is 0 Å². The first-order valence-corrected chi connectivity index (χ1v) is 6.33. The van der Waals surface area contributed by atoms with Gasteiger partial charge in [-0.2, -0.15) is 0 Å². The van der Waals surface area contributed by atoms with Gasteiger partial charge >= 0.3 is 12.0 Å².